The first-order chi connectivity index (χ1) is 5.33. The zero-order valence-corrected chi connectivity index (χ0v) is 5.86. The van der Waals surface area contributed by atoms with Crippen molar-refractivity contribution in [2.45, 2.75) is 0 Å². The second-order valence-corrected chi connectivity index (χ2v) is 1.98. The van der Waals surface area contributed by atoms with Crippen molar-refractivity contribution in [1.29, 1.82) is 5.26 Å². The van der Waals surface area contributed by atoms with Crippen LogP contribution in [0.3, 0.4) is 0 Å². The standard InChI is InChI=1S/C6H7N3O2/c7-1-2-8-9-3-4-11-6(10)5-9/h2H,3-5H2. The highest BCUT2D eigenvalue weighted by Crippen LogP contribution is 1.97. The first kappa shape index (κ1) is 7.54. The van der Waals surface area contributed by atoms with Crippen LogP contribution in [0, 0.1) is 11.3 Å². The Bertz CT molecular complexity index is 218. The summed E-state index contributed by atoms with van der Waals surface area (Å²) in [7, 11) is 0. The molecule has 0 radical (unpaired) electrons. The summed E-state index contributed by atoms with van der Waals surface area (Å²) in [6.45, 7) is 1.05. The van der Waals surface area contributed by atoms with E-state index in [1.165, 1.54) is 5.01 Å². The zero-order chi connectivity index (χ0) is 8.10. The molecule has 58 valence electrons. The van der Waals surface area contributed by atoms with Crippen LogP contribution in [0.1, 0.15) is 0 Å². The van der Waals surface area contributed by atoms with E-state index < -0.39 is 0 Å². The maximum atomic E-state index is 10.6. The first-order valence-corrected chi connectivity index (χ1v) is 3.15. The van der Waals surface area contributed by atoms with E-state index in [0.29, 0.717) is 13.2 Å². The molecule has 0 aliphatic carbocycles. The van der Waals surface area contributed by atoms with E-state index in [2.05, 4.69) is 9.84 Å². The van der Waals surface area contributed by atoms with Gasteiger partial charge in [-0.05, 0) is 0 Å². The Morgan fingerprint density at radius 2 is 2.64 bits per heavy atom. The summed E-state index contributed by atoms with van der Waals surface area (Å²) < 4.78 is 4.65. The van der Waals surface area contributed by atoms with E-state index in [1.54, 1.807) is 6.07 Å². The third-order valence-electron chi connectivity index (χ3n) is 1.20. The van der Waals surface area contributed by atoms with E-state index in [9.17, 15) is 4.79 Å². The second kappa shape index (κ2) is 3.56. The molecule has 0 N–H and O–H groups in total. The molecule has 0 atom stereocenters. The number of carbonyl (C=O) groups is 1. The summed E-state index contributed by atoms with van der Waals surface area (Å²) in [5, 5.41) is 13.3. The summed E-state index contributed by atoms with van der Waals surface area (Å²) in [5.74, 6) is -0.300. The van der Waals surface area contributed by atoms with Crippen molar-refractivity contribution >= 4 is 12.2 Å². The molecule has 1 aliphatic rings. The van der Waals surface area contributed by atoms with Crippen molar-refractivity contribution in [2.24, 2.45) is 5.10 Å². The molecule has 11 heavy (non-hydrogen) atoms. The Balaban J connectivity index is 2.41. The van der Waals surface area contributed by atoms with Crippen molar-refractivity contribution < 1.29 is 9.53 Å². The van der Waals surface area contributed by atoms with Crippen molar-refractivity contribution in [1.82, 2.24) is 5.01 Å². The molecule has 0 aromatic rings. The average molecular weight is 153 g/mol. The van der Waals surface area contributed by atoms with Crippen molar-refractivity contribution in [2.75, 3.05) is 19.7 Å². The van der Waals surface area contributed by atoms with E-state index in [4.69, 9.17) is 5.26 Å². The van der Waals surface area contributed by atoms with Crippen LogP contribution < -0.4 is 0 Å². The summed E-state index contributed by atoms with van der Waals surface area (Å²) in [4.78, 5) is 10.6. The Hall–Kier alpha value is -1.57. The molecule has 5 heteroatoms. The molecule has 5 nitrogen and oxygen atoms in total. The van der Waals surface area contributed by atoms with Gasteiger partial charge in [0.25, 0.3) is 0 Å². The number of hydrogen-bond donors (Lipinski definition) is 0. The Labute approximate surface area is 63.9 Å². The minimum absolute atomic E-state index is 0.137. The summed E-state index contributed by atoms with van der Waals surface area (Å²) in [5.41, 5.74) is 0. The van der Waals surface area contributed by atoms with Gasteiger partial charge in [0.2, 0.25) is 0 Å². The van der Waals surface area contributed by atoms with Gasteiger partial charge in [-0.15, -0.1) is 0 Å². The first-order valence-electron chi connectivity index (χ1n) is 3.15. The summed E-state index contributed by atoms with van der Waals surface area (Å²) >= 11 is 0. The van der Waals surface area contributed by atoms with Crippen molar-refractivity contribution in [3.63, 3.8) is 0 Å². The van der Waals surface area contributed by atoms with Gasteiger partial charge in [0.15, 0.2) is 0 Å². The number of hydrogen-bond acceptors (Lipinski definition) is 5. The van der Waals surface area contributed by atoms with Gasteiger partial charge in [-0.2, -0.15) is 10.4 Å². The molecule has 1 heterocycles. The lowest BCUT2D eigenvalue weighted by atomic mass is 10.5. The largest absolute Gasteiger partial charge is 0.462 e. The maximum absolute atomic E-state index is 10.6. The quantitative estimate of drug-likeness (QED) is 0.371. The number of esters is 1. The average Bonchev–Trinajstić information content (AvgIpc) is 2.01. The van der Waals surface area contributed by atoms with Gasteiger partial charge in [0, 0.05) is 0 Å². The van der Waals surface area contributed by atoms with Gasteiger partial charge < -0.3 is 4.74 Å². The number of nitriles is 1. The number of carbonyl (C=O) groups excluding carboxylic acids is 1. The van der Waals surface area contributed by atoms with Crippen LogP contribution in [0.25, 0.3) is 0 Å². The lowest BCUT2D eigenvalue weighted by Crippen LogP contribution is -2.36. The monoisotopic (exact) mass is 153 g/mol. The van der Waals surface area contributed by atoms with Crippen LogP contribution in [0.2, 0.25) is 0 Å². The Kier molecular flexibility index (Phi) is 2.44. The zero-order valence-electron chi connectivity index (χ0n) is 5.86. The molecule has 0 spiro atoms. The van der Waals surface area contributed by atoms with E-state index in [1.807, 2.05) is 0 Å². The molecule has 1 saturated heterocycles. The lowest BCUT2D eigenvalue weighted by molar-refractivity contribution is -0.150. The third kappa shape index (κ3) is 2.26. The molecule has 0 unspecified atom stereocenters. The number of hydrazone groups is 1. The fourth-order valence-corrected chi connectivity index (χ4v) is 0.745. The molecule has 0 amide bonds. The van der Waals surface area contributed by atoms with Gasteiger partial charge in [-0.1, -0.05) is 0 Å². The highest BCUT2D eigenvalue weighted by atomic mass is 16.5. The van der Waals surface area contributed by atoms with Crippen molar-refractivity contribution in [3.05, 3.63) is 0 Å². The van der Waals surface area contributed by atoms with Crippen molar-refractivity contribution in [3.8, 4) is 6.07 Å². The molecule has 0 bridgehead atoms. The summed E-state index contributed by atoms with van der Waals surface area (Å²) in [6.07, 6.45) is 1.10. The predicted octanol–water partition coefficient (Wildman–Crippen LogP) is -0.645. The smallest absolute Gasteiger partial charge is 0.327 e. The molecule has 0 aromatic carbocycles. The van der Waals surface area contributed by atoms with Gasteiger partial charge in [0.1, 0.15) is 25.4 Å². The number of cyclic esters (lactones) is 1. The number of rotatable bonds is 1. The molecule has 1 fully saturated rings. The number of morpholine rings is 1. The minimum atomic E-state index is -0.300. The van der Waals surface area contributed by atoms with Crippen LogP contribution in [-0.2, 0) is 9.53 Å². The normalized spacial score (nSPS) is 18.1. The highest BCUT2D eigenvalue weighted by molar-refractivity contribution is 5.75. The Morgan fingerprint density at radius 3 is 3.27 bits per heavy atom. The molecule has 0 aromatic heterocycles. The molecule has 0 saturated carbocycles. The molecule has 1 aliphatic heterocycles. The van der Waals surface area contributed by atoms with Gasteiger partial charge in [0.05, 0.1) is 6.54 Å². The van der Waals surface area contributed by atoms with Crippen LogP contribution in [0.15, 0.2) is 5.10 Å². The van der Waals surface area contributed by atoms with E-state index in [-0.39, 0.29) is 12.5 Å². The molecule has 1 rings (SSSR count). The fourth-order valence-electron chi connectivity index (χ4n) is 0.745. The summed E-state index contributed by atoms with van der Waals surface area (Å²) in [6, 6.07) is 1.74. The minimum Gasteiger partial charge on any atom is -0.462 e. The number of nitrogens with zero attached hydrogens (tertiary/aromatic N) is 3. The third-order valence-corrected chi connectivity index (χ3v) is 1.20. The fraction of sp³-hybridized carbons (Fsp3) is 0.500. The van der Waals surface area contributed by atoms with E-state index >= 15 is 0 Å². The molecular formula is C6H7N3O2. The Morgan fingerprint density at radius 1 is 1.82 bits per heavy atom. The maximum Gasteiger partial charge on any atom is 0.327 e. The van der Waals surface area contributed by atoms with Gasteiger partial charge in [-0.3, -0.25) is 9.80 Å². The highest BCUT2D eigenvalue weighted by Gasteiger charge is 2.14. The van der Waals surface area contributed by atoms with Gasteiger partial charge in [-0.25, -0.2) is 0 Å². The van der Waals surface area contributed by atoms with Crippen LogP contribution in [0.4, 0.5) is 0 Å². The second-order valence-electron chi connectivity index (χ2n) is 1.98. The predicted molar refractivity (Wildman–Crippen MR) is 36.6 cm³/mol. The van der Waals surface area contributed by atoms with Crippen LogP contribution in [-0.4, -0.2) is 36.9 Å². The van der Waals surface area contributed by atoms with Gasteiger partial charge >= 0.3 is 5.97 Å². The van der Waals surface area contributed by atoms with E-state index in [0.717, 1.165) is 6.21 Å². The topological polar surface area (TPSA) is 65.7 Å². The number of ether oxygens (including phenoxy) is 1. The SMILES string of the molecule is N#CC=NN1CCOC(=O)C1. The van der Waals surface area contributed by atoms with Crippen LogP contribution in [0.5, 0.6) is 0 Å². The lowest BCUT2D eigenvalue weighted by Gasteiger charge is -2.21. The van der Waals surface area contributed by atoms with Crippen LogP contribution >= 0.6 is 0 Å². The molecular weight excluding hydrogens is 146 g/mol.